The second-order valence-electron chi connectivity index (χ2n) is 29.2. The van der Waals surface area contributed by atoms with E-state index in [0.29, 0.717) is 0 Å². The average Bonchev–Trinajstić information content (AvgIpc) is 3.80. The van der Waals surface area contributed by atoms with Gasteiger partial charge in [0.05, 0.1) is 5.69 Å². The number of rotatable bonds is 4. The van der Waals surface area contributed by atoms with Crippen LogP contribution in [0.4, 0.5) is 28.4 Å². The van der Waals surface area contributed by atoms with Gasteiger partial charge in [-0.25, -0.2) is 0 Å². The maximum atomic E-state index is 4.32. The molecule has 2 nitrogen and oxygen atoms in total. The molecule has 0 saturated carbocycles. The Morgan fingerprint density at radius 3 is 1.49 bits per heavy atom. The second-order valence-corrected chi connectivity index (χ2v) is 29.2. The molecule has 3 heteroatoms. The van der Waals surface area contributed by atoms with Gasteiger partial charge in [0.15, 0.2) is 7.28 Å². The molecule has 1 radical (unpaired) electrons. The van der Waals surface area contributed by atoms with Gasteiger partial charge in [0, 0.05) is 44.7 Å². The van der Waals surface area contributed by atoms with E-state index in [4.69, 9.17) is 0 Å². The monoisotopic (exact) mass is 984 g/mol. The third-order valence-electron chi connectivity index (χ3n) is 20.9. The van der Waals surface area contributed by atoms with Crippen molar-refractivity contribution in [3.8, 4) is 33.4 Å². The van der Waals surface area contributed by atoms with Gasteiger partial charge in [0.2, 0.25) is 0 Å². The predicted molar refractivity (Wildman–Crippen MR) is 322 cm³/mol. The van der Waals surface area contributed by atoms with Crippen LogP contribution in [0.2, 0.25) is 0 Å². The van der Waals surface area contributed by atoms with Crippen LogP contribution in [0.15, 0.2) is 115 Å². The molecule has 6 aliphatic rings. The zero-order valence-electron chi connectivity index (χ0n) is 48.2. The number of benzene rings is 7. The van der Waals surface area contributed by atoms with Crippen LogP contribution in [-0.4, -0.2) is 7.28 Å². The number of fused-ring (bicyclic) bond motifs is 12. The SMILES string of the molecule is CC1(C)CCC(C)(C)c2cc(Nc3c(-c4cc5c(c6c4[B]c4cc7c(cc4N6c4ccc6c(c4)C(C)(C)CCC6(C)C)C(C)(C)CCC7(C)C)C(C)(C)c4ccccc4-5)ccc4c3-c3ccccc3C4(C)C)ccc21. The first-order valence-electron chi connectivity index (χ1n) is 28.6. The van der Waals surface area contributed by atoms with E-state index in [9.17, 15) is 0 Å². The van der Waals surface area contributed by atoms with Gasteiger partial charge in [0.1, 0.15) is 0 Å². The standard InChI is InChI=1S/C72H80BN2/c1-65(2)31-33-67(5,6)54-37-42(25-28-51(54)65)74-63-45(27-30-53-60(63)46-22-18-20-24-50(46)71(53,13)14)48-39-47-44-21-17-19-23-49(44)72(15,16)61(47)64-62(48)73-58-40-56-57(70(11,12)36-35-69(56,9)10)41-59(58)75(64)43-26-29-52-55(38-43)68(7,8)34-32-66(52,3)4/h17-30,37-41,74H,31-36H2,1-16H3. The van der Waals surface area contributed by atoms with E-state index in [1.807, 2.05) is 0 Å². The van der Waals surface area contributed by atoms with Crippen LogP contribution in [0.25, 0.3) is 33.4 Å². The molecule has 1 aliphatic heterocycles. The van der Waals surface area contributed by atoms with E-state index in [-0.39, 0.29) is 43.3 Å². The van der Waals surface area contributed by atoms with Crippen molar-refractivity contribution in [2.24, 2.45) is 0 Å². The van der Waals surface area contributed by atoms with Gasteiger partial charge in [-0.15, -0.1) is 0 Å². The smallest absolute Gasteiger partial charge is 0.197 e. The van der Waals surface area contributed by atoms with Gasteiger partial charge >= 0.3 is 0 Å². The van der Waals surface area contributed by atoms with Crippen LogP contribution in [-0.2, 0) is 43.3 Å². The number of anilines is 5. The first-order valence-corrected chi connectivity index (χ1v) is 28.6. The Bertz CT molecular complexity index is 3620. The van der Waals surface area contributed by atoms with Crippen LogP contribution in [0.3, 0.4) is 0 Å². The van der Waals surface area contributed by atoms with Crippen molar-refractivity contribution in [2.45, 2.75) is 193 Å². The molecule has 0 aromatic heterocycles. The molecule has 7 aromatic rings. The Labute approximate surface area is 451 Å². The lowest BCUT2D eigenvalue weighted by Gasteiger charge is -2.46. The minimum absolute atomic E-state index is 0.0453. The molecule has 75 heavy (non-hydrogen) atoms. The quantitative estimate of drug-likeness (QED) is 0.177. The Morgan fingerprint density at radius 1 is 0.387 bits per heavy atom. The van der Waals surface area contributed by atoms with E-state index in [0.717, 1.165) is 5.69 Å². The second kappa shape index (κ2) is 15.4. The number of nitrogens with zero attached hydrogens (tertiary/aromatic N) is 1. The molecule has 0 amide bonds. The molecule has 0 saturated heterocycles. The molecule has 7 aromatic carbocycles. The molecular weight excluding hydrogens is 904 g/mol. The Hall–Kier alpha value is -5.80. The summed E-state index contributed by atoms with van der Waals surface area (Å²) in [4.78, 5) is 2.77. The lowest BCUT2D eigenvalue weighted by Crippen LogP contribution is -2.45. The minimum Gasteiger partial charge on any atom is -0.354 e. The van der Waals surface area contributed by atoms with Gasteiger partial charge in [-0.3, -0.25) is 0 Å². The highest BCUT2D eigenvalue weighted by atomic mass is 15.2. The van der Waals surface area contributed by atoms with E-state index in [1.54, 1.807) is 0 Å². The summed E-state index contributed by atoms with van der Waals surface area (Å²) >= 11 is 0. The maximum Gasteiger partial charge on any atom is 0.197 e. The van der Waals surface area contributed by atoms with E-state index in [2.05, 4.69) is 244 Å². The fourth-order valence-corrected chi connectivity index (χ4v) is 15.7. The third-order valence-corrected chi connectivity index (χ3v) is 20.9. The summed E-state index contributed by atoms with van der Waals surface area (Å²) in [6, 6.07) is 46.3. The topological polar surface area (TPSA) is 15.3 Å². The van der Waals surface area contributed by atoms with E-state index >= 15 is 0 Å². The van der Waals surface area contributed by atoms with Crippen LogP contribution in [0.1, 0.15) is 205 Å². The summed E-state index contributed by atoms with van der Waals surface area (Å²) in [5.74, 6) is 0. The molecule has 5 aliphatic carbocycles. The predicted octanol–water partition coefficient (Wildman–Crippen LogP) is 18.2. The summed E-state index contributed by atoms with van der Waals surface area (Å²) in [5, 5.41) is 4.32. The number of hydrogen-bond acceptors (Lipinski definition) is 2. The zero-order chi connectivity index (χ0) is 52.9. The molecule has 0 spiro atoms. The van der Waals surface area contributed by atoms with Crippen LogP contribution >= 0.6 is 0 Å². The Kier molecular flexibility index (Phi) is 10.1. The first kappa shape index (κ1) is 48.8. The highest BCUT2D eigenvalue weighted by Crippen LogP contribution is 2.60. The van der Waals surface area contributed by atoms with E-state index in [1.165, 1.54) is 161 Å². The normalized spacial score (nSPS) is 21.1. The fraction of sp³-hybridized carbons (Fsp3) is 0.417. The van der Waals surface area contributed by atoms with Crippen LogP contribution in [0, 0.1) is 0 Å². The third kappa shape index (κ3) is 6.90. The van der Waals surface area contributed by atoms with Gasteiger partial charge in [-0.1, -0.05) is 195 Å². The highest BCUT2D eigenvalue weighted by Gasteiger charge is 2.47. The largest absolute Gasteiger partial charge is 0.354 e. The Balaban J connectivity index is 1.15. The molecule has 0 bridgehead atoms. The zero-order valence-corrected chi connectivity index (χ0v) is 48.2. The molecule has 13 rings (SSSR count). The van der Waals surface area contributed by atoms with Crippen molar-refractivity contribution in [1.82, 2.24) is 0 Å². The van der Waals surface area contributed by atoms with Crippen LogP contribution < -0.4 is 21.1 Å². The molecular formula is C72H80BN2. The minimum atomic E-state index is -0.269. The Morgan fingerprint density at radius 2 is 0.880 bits per heavy atom. The van der Waals surface area contributed by atoms with Crippen molar-refractivity contribution in [3.05, 3.63) is 171 Å². The number of hydrogen-bond donors (Lipinski definition) is 1. The van der Waals surface area contributed by atoms with Crippen molar-refractivity contribution < 1.29 is 0 Å². The lowest BCUT2D eigenvalue weighted by molar-refractivity contribution is 0.332. The summed E-state index contributed by atoms with van der Waals surface area (Å²) in [7, 11) is 2.62. The van der Waals surface area contributed by atoms with Crippen molar-refractivity contribution >= 4 is 46.6 Å². The summed E-state index contributed by atoms with van der Waals surface area (Å²) in [6.45, 7) is 39.5. The first-order chi connectivity index (χ1) is 35.1. The van der Waals surface area contributed by atoms with Gasteiger partial charge in [-0.05, 0) is 191 Å². The van der Waals surface area contributed by atoms with Gasteiger partial charge in [-0.2, -0.15) is 0 Å². The summed E-state index contributed by atoms with van der Waals surface area (Å²) in [5.41, 5.74) is 31.3. The van der Waals surface area contributed by atoms with Crippen molar-refractivity contribution in [2.75, 3.05) is 10.2 Å². The highest BCUT2D eigenvalue weighted by molar-refractivity contribution is 6.73. The summed E-state index contributed by atoms with van der Waals surface area (Å²) in [6.07, 6.45) is 7.08. The molecule has 381 valence electrons. The van der Waals surface area contributed by atoms with E-state index < -0.39 is 0 Å². The van der Waals surface area contributed by atoms with Gasteiger partial charge < -0.3 is 10.2 Å². The molecule has 1 N–H and O–H groups in total. The van der Waals surface area contributed by atoms with Crippen molar-refractivity contribution in [1.29, 1.82) is 0 Å². The fourth-order valence-electron chi connectivity index (χ4n) is 15.7. The van der Waals surface area contributed by atoms with Crippen molar-refractivity contribution in [3.63, 3.8) is 0 Å². The average molecular weight is 984 g/mol. The molecule has 0 fully saturated rings. The van der Waals surface area contributed by atoms with Gasteiger partial charge in [0.25, 0.3) is 0 Å². The lowest BCUT2D eigenvalue weighted by atomic mass is 9.54. The molecule has 0 unspecified atom stereocenters. The molecule has 1 heterocycles. The maximum absolute atomic E-state index is 4.32. The molecule has 0 atom stereocenters. The number of nitrogens with one attached hydrogen (secondary N) is 1. The van der Waals surface area contributed by atoms with Crippen LogP contribution in [0.5, 0.6) is 0 Å². The summed E-state index contributed by atoms with van der Waals surface area (Å²) < 4.78 is 0.